The second kappa shape index (κ2) is 20.5. The Labute approximate surface area is 368 Å². The maximum atomic E-state index is 13.1. The number of nitrogen functional groups attached to an aromatic ring is 1. The number of hydrogen-bond acceptors (Lipinski definition) is 6. The summed E-state index contributed by atoms with van der Waals surface area (Å²) in [5, 5.41) is 7.12. The number of halogens is 2. The Bertz CT molecular complexity index is 2630. The summed E-state index contributed by atoms with van der Waals surface area (Å²) < 4.78 is 26.2. The van der Waals surface area contributed by atoms with Crippen LogP contribution in [0.25, 0.3) is 33.7 Å². The van der Waals surface area contributed by atoms with Crippen LogP contribution in [0.4, 0.5) is 20.2 Å². The van der Waals surface area contributed by atoms with E-state index in [2.05, 4.69) is 22.0 Å². The molecule has 2 aliphatic rings. The summed E-state index contributed by atoms with van der Waals surface area (Å²) >= 11 is 0. The predicted octanol–water partition coefficient (Wildman–Crippen LogP) is 8.99. The van der Waals surface area contributed by atoms with Crippen molar-refractivity contribution >= 4 is 62.8 Å². The minimum atomic E-state index is -0.234. The predicted molar refractivity (Wildman–Crippen MR) is 250 cm³/mol. The number of carbonyl (C=O) groups is 3. The molecule has 9 nitrogen and oxygen atoms in total. The Morgan fingerprint density at radius 1 is 0.603 bits per heavy atom. The van der Waals surface area contributed by atoms with E-state index in [0.717, 1.165) is 83.1 Å². The molecule has 0 radical (unpaired) electrons. The van der Waals surface area contributed by atoms with Crippen molar-refractivity contribution < 1.29 is 23.2 Å². The first kappa shape index (κ1) is 44.4. The van der Waals surface area contributed by atoms with Gasteiger partial charge in [-0.15, -0.1) is 0 Å². The van der Waals surface area contributed by atoms with Crippen molar-refractivity contribution in [1.82, 2.24) is 19.6 Å². The van der Waals surface area contributed by atoms with Crippen molar-refractivity contribution in [1.29, 1.82) is 0 Å². The third-order valence-corrected chi connectivity index (χ3v) is 11.6. The van der Waals surface area contributed by atoms with Gasteiger partial charge in [-0.3, -0.25) is 24.2 Å². The number of amides is 3. The molecular formula is C52H54F2N6O3. The number of rotatable bonds is 9. The molecule has 63 heavy (non-hydrogen) atoms. The molecule has 6 aromatic carbocycles. The summed E-state index contributed by atoms with van der Waals surface area (Å²) in [6, 6.07) is 37.1. The normalized spacial score (nSPS) is 17.3. The molecule has 2 fully saturated rings. The zero-order valence-electron chi connectivity index (χ0n) is 36.0. The fourth-order valence-electron chi connectivity index (χ4n) is 8.33. The van der Waals surface area contributed by atoms with Gasteiger partial charge in [0.05, 0.1) is 0 Å². The van der Waals surface area contributed by atoms with E-state index in [4.69, 9.17) is 5.73 Å². The van der Waals surface area contributed by atoms with Crippen LogP contribution < -0.4 is 11.1 Å². The second-order valence-electron chi connectivity index (χ2n) is 16.4. The second-order valence-corrected chi connectivity index (χ2v) is 16.4. The van der Waals surface area contributed by atoms with Crippen LogP contribution in [0.2, 0.25) is 0 Å². The van der Waals surface area contributed by atoms with E-state index >= 15 is 0 Å². The number of anilines is 2. The summed E-state index contributed by atoms with van der Waals surface area (Å²) in [5.74, 6) is -0.664. The number of nitrogens with one attached hydrogen (secondary N) is 1. The Kier molecular flexibility index (Phi) is 14.4. The Morgan fingerprint density at radius 3 is 1.46 bits per heavy atom. The number of fused-ring (bicyclic) bond motifs is 2. The summed E-state index contributed by atoms with van der Waals surface area (Å²) in [7, 11) is 0. The van der Waals surface area contributed by atoms with Gasteiger partial charge in [-0.25, -0.2) is 8.78 Å². The summed E-state index contributed by atoms with van der Waals surface area (Å²) in [6.07, 6.45) is 6.79. The summed E-state index contributed by atoms with van der Waals surface area (Å²) in [6.45, 7) is 11.5. The van der Waals surface area contributed by atoms with Crippen molar-refractivity contribution in [3.63, 3.8) is 0 Å². The van der Waals surface area contributed by atoms with Gasteiger partial charge >= 0.3 is 0 Å². The molecule has 0 aliphatic carbocycles. The highest BCUT2D eigenvalue weighted by Crippen LogP contribution is 2.27. The molecule has 324 valence electrons. The molecule has 8 rings (SSSR count). The van der Waals surface area contributed by atoms with Gasteiger partial charge in [-0.1, -0.05) is 72.8 Å². The number of benzene rings is 6. The van der Waals surface area contributed by atoms with E-state index in [9.17, 15) is 23.2 Å². The van der Waals surface area contributed by atoms with Crippen molar-refractivity contribution in [2.75, 3.05) is 50.3 Å². The zero-order chi connectivity index (χ0) is 44.5. The first-order valence-electron chi connectivity index (χ1n) is 21.4. The minimum absolute atomic E-state index is 0.00325. The molecule has 0 bridgehead atoms. The van der Waals surface area contributed by atoms with Crippen LogP contribution in [0.3, 0.4) is 0 Å². The van der Waals surface area contributed by atoms with Crippen LogP contribution >= 0.6 is 0 Å². The van der Waals surface area contributed by atoms with Crippen LogP contribution in [-0.2, 0) is 27.5 Å². The van der Waals surface area contributed by atoms with Gasteiger partial charge in [-0.2, -0.15) is 0 Å². The van der Waals surface area contributed by atoms with Crippen molar-refractivity contribution in [2.24, 2.45) is 0 Å². The number of nitrogens with zero attached hydrogens (tertiary/aromatic N) is 4. The van der Waals surface area contributed by atoms with E-state index in [1.165, 1.54) is 31.2 Å². The van der Waals surface area contributed by atoms with Gasteiger partial charge in [0.1, 0.15) is 11.6 Å². The van der Waals surface area contributed by atoms with Crippen molar-refractivity contribution in [3.05, 3.63) is 167 Å². The van der Waals surface area contributed by atoms with E-state index in [0.29, 0.717) is 24.5 Å². The Morgan fingerprint density at radius 2 is 1.02 bits per heavy atom. The maximum Gasteiger partial charge on any atom is 0.246 e. The van der Waals surface area contributed by atoms with E-state index < -0.39 is 0 Å². The molecule has 0 saturated carbocycles. The highest BCUT2D eigenvalue weighted by atomic mass is 19.1. The molecule has 3 N–H and O–H groups in total. The lowest BCUT2D eigenvalue weighted by molar-refractivity contribution is -0.131. The number of hydrogen-bond donors (Lipinski definition) is 2. The first-order chi connectivity index (χ1) is 30.4. The van der Waals surface area contributed by atoms with Gasteiger partial charge in [0.25, 0.3) is 0 Å². The Hall–Kier alpha value is -6.69. The van der Waals surface area contributed by atoms with Crippen LogP contribution in [0, 0.1) is 11.6 Å². The van der Waals surface area contributed by atoms with Crippen LogP contribution in [0.5, 0.6) is 0 Å². The summed E-state index contributed by atoms with van der Waals surface area (Å²) in [5.41, 5.74) is 11.3. The summed E-state index contributed by atoms with van der Waals surface area (Å²) in [4.78, 5) is 45.8. The molecule has 2 saturated heterocycles. The first-order valence-corrected chi connectivity index (χ1v) is 21.4. The standard InChI is InChI=1S/C27H28FN3O2.C25H26FN3O/c1-19-17-30(18-21-7-10-25(28)11-8-21)13-14-31(19)27(33)12-9-24-15-22-5-3-4-6-23(22)16-26(24)29-20(2)32;1-18-16-28(17-19-6-9-23(26)10-7-19)12-13-29(18)25(30)11-8-22-14-20-4-2-3-5-21(20)15-24(22)27/h3-12,15-16,19H,13-14,17-18H2,1-2H3,(H,29,32);2-11,14-15,18H,12-13,16-17,27H2,1H3/b12-9+;11-8+/t19-;18-/m11/s1. The van der Waals surface area contributed by atoms with Crippen LogP contribution in [0.15, 0.2) is 133 Å². The van der Waals surface area contributed by atoms with Gasteiger partial charge in [0.2, 0.25) is 17.7 Å². The fourth-order valence-corrected chi connectivity index (χ4v) is 8.33. The molecule has 11 heteroatoms. The number of carbonyl (C=O) groups excluding carboxylic acids is 3. The molecule has 2 aliphatic heterocycles. The van der Waals surface area contributed by atoms with Gasteiger partial charge in [0.15, 0.2) is 0 Å². The molecule has 0 spiro atoms. The van der Waals surface area contributed by atoms with Crippen molar-refractivity contribution in [2.45, 2.75) is 45.9 Å². The van der Waals surface area contributed by atoms with E-state index in [-0.39, 0.29) is 41.4 Å². The van der Waals surface area contributed by atoms with Gasteiger partial charge < -0.3 is 20.9 Å². The minimum Gasteiger partial charge on any atom is -0.398 e. The monoisotopic (exact) mass is 848 g/mol. The lowest BCUT2D eigenvalue weighted by Gasteiger charge is -2.39. The lowest BCUT2D eigenvalue weighted by atomic mass is 10.0. The largest absolute Gasteiger partial charge is 0.398 e. The van der Waals surface area contributed by atoms with Crippen LogP contribution in [-0.4, -0.2) is 88.7 Å². The third kappa shape index (κ3) is 11.8. The quantitative estimate of drug-likeness (QED) is 0.111. The smallest absolute Gasteiger partial charge is 0.246 e. The molecule has 3 amide bonds. The molecule has 2 heterocycles. The van der Waals surface area contributed by atoms with E-state index in [1.54, 1.807) is 30.4 Å². The SMILES string of the molecule is CC(=O)Nc1cc2ccccc2cc1/C=C/C(=O)N1CCN(Cc2ccc(F)cc2)C[C@H]1C.C[C@@H]1CN(Cc2ccc(F)cc2)CCN1C(=O)/C=C/c1cc2ccccc2cc1N. The number of piperazine rings is 2. The molecule has 0 aromatic heterocycles. The highest BCUT2D eigenvalue weighted by Gasteiger charge is 2.27. The number of nitrogens with two attached hydrogens (primary N) is 1. The van der Waals surface area contributed by atoms with E-state index in [1.807, 2.05) is 108 Å². The molecule has 6 aromatic rings. The van der Waals surface area contributed by atoms with Gasteiger partial charge in [-0.05, 0) is 118 Å². The maximum absolute atomic E-state index is 13.1. The lowest BCUT2D eigenvalue weighted by Crippen LogP contribution is -2.53. The third-order valence-electron chi connectivity index (χ3n) is 11.6. The molecule has 2 atom stereocenters. The fraction of sp³-hybridized carbons (Fsp3) is 0.250. The topological polar surface area (TPSA) is 102 Å². The van der Waals surface area contributed by atoms with Crippen molar-refractivity contribution in [3.8, 4) is 0 Å². The molecule has 0 unspecified atom stereocenters. The highest BCUT2D eigenvalue weighted by molar-refractivity contribution is 6.00. The average molecular weight is 849 g/mol. The average Bonchev–Trinajstić information content (AvgIpc) is 3.26. The Balaban J connectivity index is 0.000000190. The molecular weight excluding hydrogens is 795 g/mol. The van der Waals surface area contributed by atoms with Crippen LogP contribution in [0.1, 0.15) is 43.0 Å². The zero-order valence-corrected chi connectivity index (χ0v) is 36.0. The van der Waals surface area contributed by atoms with Gasteiger partial charge in [0, 0.05) is 94.9 Å².